The number of pyridine rings is 1. The first-order valence-corrected chi connectivity index (χ1v) is 10.9. The van der Waals surface area contributed by atoms with Crippen LogP contribution >= 0.6 is 0 Å². The Balaban J connectivity index is 1.45. The van der Waals surface area contributed by atoms with Gasteiger partial charge in [-0.3, -0.25) is 9.59 Å². The van der Waals surface area contributed by atoms with E-state index < -0.39 is 23.5 Å². The third-order valence-corrected chi connectivity index (χ3v) is 5.60. The third kappa shape index (κ3) is 4.84. The predicted octanol–water partition coefficient (Wildman–Crippen LogP) is 4.03. The van der Waals surface area contributed by atoms with Crippen molar-refractivity contribution < 1.29 is 32.6 Å². The summed E-state index contributed by atoms with van der Waals surface area (Å²) >= 11 is 0. The van der Waals surface area contributed by atoms with E-state index in [1.165, 1.54) is 7.11 Å². The number of nitrogens with zero attached hydrogens (tertiary/aromatic N) is 2. The van der Waals surface area contributed by atoms with Crippen LogP contribution in [0.15, 0.2) is 42.5 Å². The van der Waals surface area contributed by atoms with Gasteiger partial charge >= 0.3 is 0 Å². The van der Waals surface area contributed by atoms with Crippen LogP contribution in [-0.4, -0.2) is 61.1 Å². The van der Waals surface area contributed by atoms with Crippen molar-refractivity contribution in [1.82, 2.24) is 9.88 Å². The van der Waals surface area contributed by atoms with Gasteiger partial charge in [0.25, 0.3) is 5.91 Å². The Morgan fingerprint density at radius 2 is 1.91 bits per heavy atom. The molecular weight excluding hydrogens is 446 g/mol. The van der Waals surface area contributed by atoms with Gasteiger partial charge in [-0.05, 0) is 24.3 Å². The van der Waals surface area contributed by atoms with Crippen molar-refractivity contribution in [3.8, 4) is 11.5 Å². The molecule has 1 unspecified atom stereocenters. The maximum absolute atomic E-state index is 14.3. The van der Waals surface area contributed by atoms with E-state index in [9.17, 15) is 18.4 Å². The van der Waals surface area contributed by atoms with Crippen LogP contribution in [0.2, 0.25) is 0 Å². The molecule has 2 aromatic carbocycles. The maximum atomic E-state index is 14.3. The fourth-order valence-corrected chi connectivity index (χ4v) is 3.83. The molecule has 0 radical (unpaired) electrons. The molecular formula is C25H24F2N2O5. The van der Waals surface area contributed by atoms with Crippen LogP contribution in [0.5, 0.6) is 11.5 Å². The molecule has 7 nitrogen and oxygen atoms in total. The fourth-order valence-electron chi connectivity index (χ4n) is 3.83. The van der Waals surface area contributed by atoms with Gasteiger partial charge in [0.15, 0.2) is 23.2 Å². The lowest BCUT2D eigenvalue weighted by Gasteiger charge is -2.32. The number of ether oxygens (including phenoxy) is 3. The van der Waals surface area contributed by atoms with E-state index >= 15 is 0 Å². The van der Waals surface area contributed by atoms with E-state index in [0.29, 0.717) is 17.8 Å². The topological polar surface area (TPSA) is 78.0 Å². The molecule has 2 heterocycles. The van der Waals surface area contributed by atoms with Gasteiger partial charge in [-0.2, -0.15) is 0 Å². The van der Waals surface area contributed by atoms with Crippen molar-refractivity contribution in [2.75, 3.05) is 33.4 Å². The predicted molar refractivity (Wildman–Crippen MR) is 120 cm³/mol. The number of benzene rings is 2. The Labute approximate surface area is 195 Å². The Kier molecular flexibility index (Phi) is 7.02. The Hall–Kier alpha value is -3.59. The van der Waals surface area contributed by atoms with Crippen molar-refractivity contribution in [3.05, 3.63) is 65.4 Å². The number of hydrogen-bond donors (Lipinski definition) is 0. The number of fused-ring (bicyclic) bond motifs is 1. The van der Waals surface area contributed by atoms with Crippen LogP contribution in [0.4, 0.5) is 8.78 Å². The number of Topliss-reactive ketones (excluding diaryl/α,β-unsaturated/α-hetero) is 1. The van der Waals surface area contributed by atoms with Crippen LogP contribution in [-0.2, 0) is 4.74 Å². The number of para-hydroxylation sites is 1. The van der Waals surface area contributed by atoms with Gasteiger partial charge in [0.05, 0.1) is 25.8 Å². The van der Waals surface area contributed by atoms with Crippen molar-refractivity contribution in [2.45, 2.75) is 19.4 Å². The Bertz CT molecular complexity index is 1210. The highest BCUT2D eigenvalue weighted by Crippen LogP contribution is 2.27. The van der Waals surface area contributed by atoms with Crippen LogP contribution in [0, 0.1) is 11.6 Å². The molecule has 0 bridgehead atoms. The molecule has 1 amide bonds. The number of carbonyl (C=O) groups is 2. The zero-order valence-electron chi connectivity index (χ0n) is 18.8. The largest absolute Gasteiger partial charge is 0.496 e. The highest BCUT2D eigenvalue weighted by atomic mass is 19.1. The smallest absolute Gasteiger partial charge is 0.272 e. The molecule has 34 heavy (non-hydrogen) atoms. The number of halogens is 2. The molecule has 9 heteroatoms. The first-order valence-electron chi connectivity index (χ1n) is 10.9. The number of rotatable bonds is 7. The van der Waals surface area contributed by atoms with E-state index in [1.807, 2.05) is 18.2 Å². The van der Waals surface area contributed by atoms with Crippen molar-refractivity contribution in [3.63, 3.8) is 0 Å². The third-order valence-electron chi connectivity index (χ3n) is 5.60. The SMILES string of the molecule is CCC(=O)c1cc(F)c(OCC2CN(C(=O)c3cc(OC)c4ccccc4n3)CCO2)c(F)c1. The van der Waals surface area contributed by atoms with Gasteiger partial charge in [-0.15, -0.1) is 0 Å². The summed E-state index contributed by atoms with van der Waals surface area (Å²) in [5.74, 6) is -2.65. The molecule has 1 fully saturated rings. The van der Waals surface area contributed by atoms with E-state index in [1.54, 1.807) is 24.0 Å². The van der Waals surface area contributed by atoms with Crippen LogP contribution in [0.25, 0.3) is 10.9 Å². The average molecular weight is 470 g/mol. The average Bonchev–Trinajstić information content (AvgIpc) is 2.86. The van der Waals surface area contributed by atoms with Gasteiger partial charge in [0.2, 0.25) is 0 Å². The second-order valence-electron chi connectivity index (χ2n) is 7.83. The van der Waals surface area contributed by atoms with E-state index in [0.717, 1.165) is 17.5 Å². The summed E-state index contributed by atoms with van der Waals surface area (Å²) < 4.78 is 45.1. The minimum absolute atomic E-state index is 0.0474. The number of aromatic nitrogens is 1. The van der Waals surface area contributed by atoms with Crippen molar-refractivity contribution in [1.29, 1.82) is 0 Å². The van der Waals surface area contributed by atoms with Crippen molar-refractivity contribution in [2.24, 2.45) is 0 Å². The van der Waals surface area contributed by atoms with Crippen LogP contribution in [0.1, 0.15) is 34.2 Å². The molecule has 4 rings (SSSR count). The number of carbonyl (C=O) groups excluding carboxylic acids is 2. The van der Waals surface area contributed by atoms with Crippen molar-refractivity contribution >= 4 is 22.6 Å². The van der Waals surface area contributed by atoms with Gasteiger partial charge < -0.3 is 19.1 Å². The lowest BCUT2D eigenvalue weighted by atomic mass is 10.1. The highest BCUT2D eigenvalue weighted by molar-refractivity contribution is 5.97. The molecule has 0 spiro atoms. The Morgan fingerprint density at radius 1 is 1.18 bits per heavy atom. The number of amides is 1. The molecule has 1 aromatic heterocycles. The molecule has 0 saturated carbocycles. The van der Waals surface area contributed by atoms with E-state index in [-0.39, 0.29) is 49.1 Å². The summed E-state index contributed by atoms with van der Waals surface area (Å²) in [6.45, 7) is 2.17. The zero-order valence-corrected chi connectivity index (χ0v) is 18.8. The van der Waals surface area contributed by atoms with E-state index in [4.69, 9.17) is 14.2 Å². The number of methoxy groups -OCH3 is 1. The molecule has 1 aliphatic rings. The molecule has 178 valence electrons. The summed E-state index contributed by atoms with van der Waals surface area (Å²) in [6.07, 6.45) is -0.465. The summed E-state index contributed by atoms with van der Waals surface area (Å²) in [6, 6.07) is 10.9. The molecule has 0 aliphatic carbocycles. The summed E-state index contributed by atoms with van der Waals surface area (Å²) in [7, 11) is 1.53. The van der Waals surface area contributed by atoms with Crippen LogP contribution in [0.3, 0.4) is 0 Å². The molecule has 3 aromatic rings. The van der Waals surface area contributed by atoms with Gasteiger partial charge in [-0.25, -0.2) is 13.8 Å². The first-order chi connectivity index (χ1) is 16.4. The standard InChI is InChI=1S/C25H24F2N2O5/c1-3-22(30)15-10-18(26)24(19(27)11-15)34-14-16-13-29(8-9-33-16)25(31)21-12-23(32-2)17-6-4-5-7-20(17)28-21/h4-7,10-12,16H,3,8-9,13-14H2,1-2H3. The lowest BCUT2D eigenvalue weighted by molar-refractivity contribution is -0.0412. The quantitative estimate of drug-likeness (QED) is 0.485. The number of hydrogen-bond acceptors (Lipinski definition) is 6. The minimum Gasteiger partial charge on any atom is -0.496 e. The minimum atomic E-state index is -0.965. The van der Waals surface area contributed by atoms with Gasteiger partial charge in [0.1, 0.15) is 24.2 Å². The zero-order chi connectivity index (χ0) is 24.2. The number of morpholine rings is 1. The maximum Gasteiger partial charge on any atom is 0.272 e. The van der Waals surface area contributed by atoms with Gasteiger partial charge in [0, 0.05) is 30.0 Å². The second kappa shape index (κ2) is 10.1. The second-order valence-corrected chi connectivity index (χ2v) is 7.83. The highest BCUT2D eigenvalue weighted by Gasteiger charge is 2.28. The normalized spacial score (nSPS) is 15.9. The lowest BCUT2D eigenvalue weighted by Crippen LogP contribution is -2.47. The Morgan fingerprint density at radius 3 is 2.62 bits per heavy atom. The van der Waals surface area contributed by atoms with E-state index in [2.05, 4.69) is 4.98 Å². The molecule has 0 N–H and O–H groups in total. The molecule has 1 saturated heterocycles. The first kappa shape index (κ1) is 23.6. The van der Waals surface area contributed by atoms with Gasteiger partial charge in [-0.1, -0.05) is 19.1 Å². The summed E-state index contributed by atoms with van der Waals surface area (Å²) in [5.41, 5.74) is 0.813. The van der Waals surface area contributed by atoms with Crippen LogP contribution < -0.4 is 9.47 Å². The monoisotopic (exact) mass is 470 g/mol. The fraction of sp³-hybridized carbons (Fsp3) is 0.320. The summed E-state index contributed by atoms with van der Waals surface area (Å²) in [4.78, 5) is 30.9. The molecule has 1 aliphatic heterocycles. The summed E-state index contributed by atoms with van der Waals surface area (Å²) in [5, 5.41) is 0.797. The molecule has 1 atom stereocenters. The number of ketones is 1.